The molecule has 0 radical (unpaired) electrons. The number of halogens is 3. The van der Waals surface area contributed by atoms with Gasteiger partial charge in [0.2, 0.25) is 0 Å². The van der Waals surface area contributed by atoms with Gasteiger partial charge in [0.25, 0.3) is 5.91 Å². The zero-order valence-corrected chi connectivity index (χ0v) is 12.7. The minimum atomic E-state index is -0.525. The zero-order chi connectivity index (χ0) is 15.9. The molecule has 2 aromatic rings. The summed E-state index contributed by atoms with van der Waals surface area (Å²) < 4.78 is 18.7. The van der Waals surface area contributed by atoms with Gasteiger partial charge in [0, 0.05) is 10.6 Å². The molecule has 0 saturated heterocycles. The van der Waals surface area contributed by atoms with Crippen LogP contribution in [0, 0.1) is 5.82 Å². The maximum Gasteiger partial charge on any atom is 0.277 e. The minimum absolute atomic E-state index is 0.100. The van der Waals surface area contributed by atoms with E-state index >= 15 is 0 Å². The summed E-state index contributed by atoms with van der Waals surface area (Å²) in [5.74, 6) is -0.512. The highest BCUT2D eigenvalue weighted by atomic mass is 35.5. The third-order valence-corrected chi connectivity index (χ3v) is 3.15. The molecule has 0 aliphatic rings. The third-order valence-electron chi connectivity index (χ3n) is 2.57. The minimum Gasteiger partial charge on any atom is -0.484 e. The van der Waals surface area contributed by atoms with E-state index in [4.69, 9.17) is 27.9 Å². The van der Waals surface area contributed by atoms with Crippen LogP contribution in [0.1, 0.15) is 5.56 Å². The molecule has 0 aliphatic heterocycles. The molecular formula is C15H11Cl2FN2O2. The fourth-order valence-electron chi connectivity index (χ4n) is 1.51. The first-order valence-corrected chi connectivity index (χ1v) is 6.96. The topological polar surface area (TPSA) is 50.7 Å². The molecule has 0 fully saturated rings. The molecule has 0 unspecified atom stereocenters. The van der Waals surface area contributed by atoms with E-state index in [2.05, 4.69) is 10.5 Å². The van der Waals surface area contributed by atoms with Gasteiger partial charge in [-0.15, -0.1) is 0 Å². The molecule has 0 spiro atoms. The van der Waals surface area contributed by atoms with Gasteiger partial charge < -0.3 is 4.74 Å². The number of amides is 1. The summed E-state index contributed by atoms with van der Waals surface area (Å²) >= 11 is 11.6. The average molecular weight is 341 g/mol. The lowest BCUT2D eigenvalue weighted by Gasteiger charge is -2.05. The lowest BCUT2D eigenvalue weighted by atomic mass is 10.2. The molecule has 0 saturated carbocycles. The van der Waals surface area contributed by atoms with Gasteiger partial charge in [0.05, 0.1) is 11.2 Å². The van der Waals surface area contributed by atoms with Crippen LogP contribution in [0.25, 0.3) is 0 Å². The van der Waals surface area contributed by atoms with Crippen LogP contribution in [0.5, 0.6) is 5.75 Å². The van der Waals surface area contributed by atoms with Crippen LogP contribution in [0.2, 0.25) is 10.0 Å². The molecule has 22 heavy (non-hydrogen) atoms. The van der Waals surface area contributed by atoms with Crippen LogP contribution in [0.4, 0.5) is 4.39 Å². The Balaban J connectivity index is 1.85. The van der Waals surface area contributed by atoms with Crippen LogP contribution < -0.4 is 10.2 Å². The van der Waals surface area contributed by atoms with E-state index < -0.39 is 11.7 Å². The molecule has 2 rings (SSSR count). The Hall–Kier alpha value is -2.11. The molecule has 7 heteroatoms. The second-order valence-electron chi connectivity index (χ2n) is 4.17. The van der Waals surface area contributed by atoms with Gasteiger partial charge >= 0.3 is 0 Å². The Morgan fingerprint density at radius 1 is 1.23 bits per heavy atom. The summed E-state index contributed by atoms with van der Waals surface area (Å²) in [5, 5.41) is 4.42. The second-order valence-corrected chi connectivity index (χ2v) is 5.01. The first-order chi connectivity index (χ1) is 10.6. The number of ether oxygens (including phenoxy) is 1. The molecule has 0 aliphatic carbocycles. The van der Waals surface area contributed by atoms with E-state index in [0.29, 0.717) is 10.8 Å². The van der Waals surface area contributed by atoms with E-state index in [1.807, 2.05) is 0 Å². The van der Waals surface area contributed by atoms with E-state index in [0.717, 1.165) is 6.21 Å². The Labute approximate surface area is 136 Å². The van der Waals surface area contributed by atoms with E-state index in [-0.39, 0.29) is 17.2 Å². The summed E-state index contributed by atoms with van der Waals surface area (Å²) in [4.78, 5) is 11.5. The van der Waals surface area contributed by atoms with Crippen LogP contribution in [-0.2, 0) is 4.79 Å². The number of carbonyl (C=O) groups is 1. The van der Waals surface area contributed by atoms with Gasteiger partial charge in [-0.3, -0.25) is 4.79 Å². The van der Waals surface area contributed by atoms with Crippen molar-refractivity contribution in [3.8, 4) is 5.75 Å². The number of nitrogens with zero attached hydrogens (tertiary/aromatic N) is 1. The quantitative estimate of drug-likeness (QED) is 0.667. The molecule has 0 heterocycles. The maximum atomic E-state index is 13.5. The van der Waals surface area contributed by atoms with Gasteiger partial charge in [-0.25, -0.2) is 9.82 Å². The maximum absolute atomic E-state index is 13.5. The second kappa shape index (κ2) is 7.77. The Kier molecular flexibility index (Phi) is 5.75. The van der Waals surface area contributed by atoms with Crippen molar-refractivity contribution in [1.29, 1.82) is 0 Å². The van der Waals surface area contributed by atoms with Crippen molar-refractivity contribution in [3.63, 3.8) is 0 Å². The highest BCUT2D eigenvalue weighted by Crippen LogP contribution is 2.16. The van der Waals surface area contributed by atoms with Gasteiger partial charge in [0.15, 0.2) is 6.61 Å². The van der Waals surface area contributed by atoms with Gasteiger partial charge in [0.1, 0.15) is 11.6 Å². The first-order valence-electron chi connectivity index (χ1n) is 6.20. The van der Waals surface area contributed by atoms with Crippen molar-refractivity contribution >= 4 is 35.3 Å². The zero-order valence-electron chi connectivity index (χ0n) is 11.2. The molecule has 1 N–H and O–H groups in total. The molecule has 0 aromatic heterocycles. The smallest absolute Gasteiger partial charge is 0.277 e. The summed E-state index contributed by atoms with van der Waals surface area (Å²) in [5.41, 5.74) is 2.32. The van der Waals surface area contributed by atoms with E-state index in [9.17, 15) is 9.18 Å². The molecule has 4 nitrogen and oxygen atoms in total. The van der Waals surface area contributed by atoms with Crippen LogP contribution in [-0.4, -0.2) is 18.7 Å². The largest absolute Gasteiger partial charge is 0.484 e. The molecule has 0 atom stereocenters. The summed E-state index contributed by atoms with van der Waals surface area (Å²) in [7, 11) is 0. The van der Waals surface area contributed by atoms with Crippen molar-refractivity contribution in [3.05, 3.63) is 63.9 Å². The lowest BCUT2D eigenvalue weighted by molar-refractivity contribution is -0.123. The average Bonchev–Trinajstić information content (AvgIpc) is 2.50. The predicted molar refractivity (Wildman–Crippen MR) is 84.1 cm³/mol. The van der Waals surface area contributed by atoms with Crippen molar-refractivity contribution < 1.29 is 13.9 Å². The van der Waals surface area contributed by atoms with E-state index in [1.165, 1.54) is 18.2 Å². The molecule has 0 bridgehead atoms. The first kappa shape index (κ1) is 16.3. The Morgan fingerprint density at radius 3 is 2.64 bits per heavy atom. The van der Waals surface area contributed by atoms with Crippen molar-refractivity contribution in [2.75, 3.05) is 6.61 Å². The fraction of sp³-hybridized carbons (Fsp3) is 0.0667. The molecular weight excluding hydrogens is 330 g/mol. The number of hydrazone groups is 1. The Bertz CT molecular complexity index is 670. The third kappa shape index (κ3) is 4.72. The van der Waals surface area contributed by atoms with Crippen LogP contribution >= 0.6 is 23.2 Å². The summed E-state index contributed by atoms with van der Waals surface area (Å²) in [6, 6.07) is 10.8. The van der Waals surface area contributed by atoms with Gasteiger partial charge in [-0.1, -0.05) is 29.3 Å². The Morgan fingerprint density at radius 2 is 1.95 bits per heavy atom. The van der Waals surface area contributed by atoms with Crippen molar-refractivity contribution in [2.45, 2.75) is 0 Å². The van der Waals surface area contributed by atoms with Crippen LogP contribution in [0.3, 0.4) is 0 Å². The fourth-order valence-corrected chi connectivity index (χ4v) is 1.85. The lowest BCUT2D eigenvalue weighted by Crippen LogP contribution is -2.24. The van der Waals surface area contributed by atoms with Gasteiger partial charge in [-0.2, -0.15) is 5.10 Å². The number of hydrogen-bond donors (Lipinski definition) is 1. The van der Waals surface area contributed by atoms with E-state index in [1.54, 1.807) is 24.3 Å². The standard InChI is InChI=1S/C15H11Cl2FN2O2/c16-10-4-6-11(7-5-10)22-9-15(21)20-19-8-12-13(17)2-1-3-14(12)18/h1-8H,9H2,(H,20,21)/b19-8+. The molecule has 1 amide bonds. The summed E-state index contributed by atoms with van der Waals surface area (Å²) in [6.07, 6.45) is 1.14. The highest BCUT2D eigenvalue weighted by Gasteiger charge is 2.05. The van der Waals surface area contributed by atoms with Crippen LogP contribution in [0.15, 0.2) is 47.6 Å². The molecule has 2 aromatic carbocycles. The highest BCUT2D eigenvalue weighted by molar-refractivity contribution is 6.33. The van der Waals surface area contributed by atoms with Gasteiger partial charge in [-0.05, 0) is 36.4 Å². The number of rotatable bonds is 5. The predicted octanol–water partition coefficient (Wildman–Crippen LogP) is 3.66. The molecule has 114 valence electrons. The van der Waals surface area contributed by atoms with Crippen molar-refractivity contribution in [2.24, 2.45) is 5.10 Å². The summed E-state index contributed by atoms with van der Waals surface area (Å²) in [6.45, 7) is -0.232. The van der Waals surface area contributed by atoms with Crippen molar-refractivity contribution in [1.82, 2.24) is 5.43 Å². The number of carbonyl (C=O) groups excluding carboxylic acids is 1. The normalized spacial score (nSPS) is 10.7. The number of benzene rings is 2. The number of nitrogens with one attached hydrogen (secondary N) is 1. The SMILES string of the molecule is O=C(COc1ccc(Cl)cc1)N/N=C/c1c(F)cccc1Cl. The monoisotopic (exact) mass is 340 g/mol. The number of hydrogen-bond acceptors (Lipinski definition) is 3.